The van der Waals surface area contributed by atoms with Crippen LogP contribution in [0, 0.1) is 0 Å². The largest absolute Gasteiger partial charge is 0.365 e. The smallest absolute Gasteiger partial charge is 0.267 e. The van der Waals surface area contributed by atoms with Crippen LogP contribution in [0.1, 0.15) is 17.7 Å². The summed E-state index contributed by atoms with van der Waals surface area (Å²) in [4.78, 5) is 13.4. The van der Waals surface area contributed by atoms with E-state index >= 15 is 0 Å². The van der Waals surface area contributed by atoms with Gasteiger partial charge in [0.25, 0.3) is 5.91 Å². The molecule has 2 heterocycles. The normalized spacial score (nSPS) is 17.7. The van der Waals surface area contributed by atoms with Crippen molar-refractivity contribution in [1.82, 2.24) is 20.6 Å². The Morgan fingerprint density at radius 3 is 2.80 bits per heavy atom. The van der Waals surface area contributed by atoms with Crippen molar-refractivity contribution in [2.75, 3.05) is 18.4 Å². The Hall–Kier alpha value is -2.77. The molecule has 2 aromatic rings. The Kier molecular flexibility index (Phi) is 5.71. The van der Waals surface area contributed by atoms with Gasteiger partial charge in [-0.15, -0.1) is 10.2 Å². The van der Waals surface area contributed by atoms with E-state index in [4.69, 9.17) is 5.21 Å². The van der Waals surface area contributed by atoms with Crippen LogP contribution in [0.4, 0.5) is 5.82 Å². The van der Waals surface area contributed by atoms with E-state index in [1.807, 2.05) is 12.1 Å². The molecule has 7 heteroatoms. The average molecular weight is 339 g/mol. The Bertz CT molecular complexity index is 718. The molecule has 3 rings (SSSR count). The number of amides is 1. The van der Waals surface area contributed by atoms with Crippen LogP contribution < -0.4 is 10.8 Å². The lowest BCUT2D eigenvalue weighted by Crippen LogP contribution is -2.26. The zero-order valence-electron chi connectivity index (χ0n) is 13.8. The van der Waals surface area contributed by atoms with Gasteiger partial charge in [0, 0.05) is 31.8 Å². The van der Waals surface area contributed by atoms with Crippen LogP contribution in [0.5, 0.6) is 0 Å². The van der Waals surface area contributed by atoms with Gasteiger partial charge in [-0.1, -0.05) is 30.3 Å². The quantitative estimate of drug-likeness (QED) is 0.421. The van der Waals surface area contributed by atoms with Crippen molar-refractivity contribution >= 4 is 17.8 Å². The summed E-state index contributed by atoms with van der Waals surface area (Å²) in [6.45, 7) is 2.98. The fourth-order valence-electron chi connectivity index (χ4n) is 2.85. The second kappa shape index (κ2) is 8.36. The molecule has 3 N–H and O–H groups in total. The molecule has 1 aromatic heterocycles. The third kappa shape index (κ3) is 5.10. The molecular formula is C18H21N5O2. The van der Waals surface area contributed by atoms with Crippen LogP contribution in [0.15, 0.2) is 48.5 Å². The number of carbonyl (C=O) groups is 1. The third-order valence-corrected chi connectivity index (χ3v) is 4.07. The van der Waals surface area contributed by atoms with Crippen molar-refractivity contribution < 1.29 is 10.0 Å². The van der Waals surface area contributed by atoms with Crippen LogP contribution in [-0.2, 0) is 11.3 Å². The summed E-state index contributed by atoms with van der Waals surface area (Å²) in [5.74, 6) is 0.115. The number of nitrogens with zero attached hydrogens (tertiary/aromatic N) is 3. The fraction of sp³-hybridized carbons (Fsp3) is 0.278. The number of benzene rings is 1. The number of aromatic nitrogens is 2. The Balaban J connectivity index is 1.50. The number of hydrogen-bond donors (Lipinski definition) is 3. The predicted molar refractivity (Wildman–Crippen MR) is 94.7 cm³/mol. The van der Waals surface area contributed by atoms with Gasteiger partial charge in [0.2, 0.25) is 0 Å². The van der Waals surface area contributed by atoms with E-state index in [1.165, 1.54) is 23.2 Å². The molecule has 0 aliphatic carbocycles. The van der Waals surface area contributed by atoms with Gasteiger partial charge in [-0.3, -0.25) is 14.9 Å². The lowest BCUT2D eigenvalue weighted by molar-refractivity contribution is -0.124. The summed E-state index contributed by atoms with van der Waals surface area (Å²) in [6.07, 6.45) is 3.74. The number of carbonyl (C=O) groups excluding carboxylic acids is 1. The summed E-state index contributed by atoms with van der Waals surface area (Å²) < 4.78 is 0. The Morgan fingerprint density at radius 1 is 1.24 bits per heavy atom. The molecule has 0 radical (unpaired) electrons. The lowest BCUT2D eigenvalue weighted by Gasteiger charge is -2.17. The van der Waals surface area contributed by atoms with Crippen LogP contribution in [-0.4, -0.2) is 45.3 Å². The van der Waals surface area contributed by atoms with Gasteiger partial charge in [0.05, 0.1) is 5.69 Å². The van der Waals surface area contributed by atoms with Crippen molar-refractivity contribution in [2.45, 2.75) is 19.0 Å². The molecule has 1 atom stereocenters. The van der Waals surface area contributed by atoms with Crippen LogP contribution in [0.3, 0.4) is 0 Å². The highest BCUT2D eigenvalue weighted by molar-refractivity contribution is 5.90. The van der Waals surface area contributed by atoms with Crippen LogP contribution >= 0.6 is 0 Å². The van der Waals surface area contributed by atoms with E-state index in [-0.39, 0.29) is 0 Å². The van der Waals surface area contributed by atoms with Gasteiger partial charge in [-0.25, -0.2) is 5.48 Å². The average Bonchev–Trinajstić information content (AvgIpc) is 3.08. The van der Waals surface area contributed by atoms with Crippen LogP contribution in [0.2, 0.25) is 0 Å². The summed E-state index contributed by atoms with van der Waals surface area (Å²) in [5.41, 5.74) is 3.40. The first kappa shape index (κ1) is 17.1. The first-order valence-electron chi connectivity index (χ1n) is 8.21. The predicted octanol–water partition coefficient (Wildman–Crippen LogP) is 1.68. The van der Waals surface area contributed by atoms with Crippen molar-refractivity contribution in [3.8, 4) is 0 Å². The number of hydroxylamine groups is 1. The Morgan fingerprint density at radius 2 is 2.08 bits per heavy atom. The maximum absolute atomic E-state index is 10.9. The standard InChI is InChI=1S/C18H21N5O2/c24-18(22-25)9-7-15-6-8-17(21-20-15)19-16-10-11-23(13-16)12-14-4-2-1-3-5-14/h1-9,16,25H,10-13H2,(H,19,21)(H,22,24)/t16-/m1/s1. The second-order valence-corrected chi connectivity index (χ2v) is 6.00. The minimum Gasteiger partial charge on any atom is -0.365 e. The minimum atomic E-state index is -0.603. The summed E-state index contributed by atoms with van der Waals surface area (Å²) in [7, 11) is 0. The van der Waals surface area contributed by atoms with E-state index in [0.717, 1.165) is 31.9 Å². The molecule has 1 amide bonds. The lowest BCUT2D eigenvalue weighted by atomic mass is 10.2. The van der Waals surface area contributed by atoms with Crippen molar-refractivity contribution in [2.24, 2.45) is 0 Å². The number of anilines is 1. The molecule has 7 nitrogen and oxygen atoms in total. The molecule has 0 unspecified atom stereocenters. The fourth-order valence-corrected chi connectivity index (χ4v) is 2.85. The number of nitrogens with one attached hydrogen (secondary N) is 2. The van der Waals surface area contributed by atoms with Crippen molar-refractivity contribution in [3.05, 3.63) is 59.8 Å². The molecule has 0 bridgehead atoms. The van der Waals surface area contributed by atoms with E-state index in [2.05, 4.69) is 44.7 Å². The first-order valence-corrected chi connectivity index (χ1v) is 8.21. The van der Waals surface area contributed by atoms with Gasteiger partial charge < -0.3 is 5.32 Å². The van der Waals surface area contributed by atoms with E-state index < -0.39 is 5.91 Å². The first-order chi connectivity index (χ1) is 12.2. The zero-order chi connectivity index (χ0) is 17.5. The highest BCUT2D eigenvalue weighted by atomic mass is 16.5. The molecule has 1 fully saturated rings. The van der Waals surface area contributed by atoms with Crippen molar-refractivity contribution in [1.29, 1.82) is 0 Å². The summed E-state index contributed by atoms with van der Waals surface area (Å²) >= 11 is 0. The summed E-state index contributed by atoms with van der Waals surface area (Å²) in [6, 6.07) is 14.4. The third-order valence-electron chi connectivity index (χ3n) is 4.07. The molecule has 130 valence electrons. The molecule has 25 heavy (non-hydrogen) atoms. The highest BCUT2D eigenvalue weighted by Gasteiger charge is 2.22. The maximum Gasteiger partial charge on any atom is 0.267 e. The summed E-state index contributed by atoms with van der Waals surface area (Å²) in [5, 5.41) is 20.0. The molecular weight excluding hydrogens is 318 g/mol. The molecule has 1 aliphatic rings. The molecule has 1 aromatic carbocycles. The van der Waals surface area contributed by atoms with E-state index in [1.54, 1.807) is 6.07 Å². The Labute approximate surface area is 146 Å². The maximum atomic E-state index is 10.9. The van der Waals surface area contributed by atoms with E-state index in [0.29, 0.717) is 11.7 Å². The topological polar surface area (TPSA) is 90.4 Å². The number of likely N-dealkylation sites (tertiary alicyclic amines) is 1. The molecule has 1 aliphatic heterocycles. The van der Waals surface area contributed by atoms with Gasteiger partial charge in [0.1, 0.15) is 5.82 Å². The van der Waals surface area contributed by atoms with Gasteiger partial charge in [-0.2, -0.15) is 0 Å². The number of hydrogen-bond acceptors (Lipinski definition) is 6. The van der Waals surface area contributed by atoms with Crippen LogP contribution in [0.25, 0.3) is 6.08 Å². The highest BCUT2D eigenvalue weighted by Crippen LogP contribution is 2.16. The van der Waals surface area contributed by atoms with E-state index in [9.17, 15) is 4.79 Å². The molecule has 0 saturated carbocycles. The minimum absolute atomic E-state index is 0.347. The van der Waals surface area contributed by atoms with Gasteiger partial charge in [-0.05, 0) is 30.2 Å². The molecule has 0 spiro atoms. The van der Waals surface area contributed by atoms with Crippen molar-refractivity contribution in [3.63, 3.8) is 0 Å². The van der Waals surface area contributed by atoms with Gasteiger partial charge in [0.15, 0.2) is 0 Å². The zero-order valence-corrected chi connectivity index (χ0v) is 13.8. The second-order valence-electron chi connectivity index (χ2n) is 6.00. The SMILES string of the molecule is O=C(C=Cc1ccc(N[C@@H]2CCN(Cc3ccccc3)C2)nn1)NO. The monoisotopic (exact) mass is 339 g/mol. The van der Waals surface area contributed by atoms with Gasteiger partial charge >= 0.3 is 0 Å². The number of rotatable bonds is 6. The molecule has 1 saturated heterocycles.